The van der Waals surface area contributed by atoms with Crippen LogP contribution in [0.15, 0.2) is 0 Å². The number of carbonyl (C=O) groups is 1. The molecule has 0 spiro atoms. The molecule has 1 fully saturated rings. The van der Waals surface area contributed by atoms with Gasteiger partial charge in [0.15, 0.2) is 5.60 Å². The molecule has 0 bridgehead atoms. The van der Waals surface area contributed by atoms with E-state index < -0.39 is 11.6 Å². The quantitative estimate of drug-likeness (QED) is 0.597. The Labute approximate surface area is 60.0 Å². The third kappa shape index (κ3) is 1.14. The molecule has 58 valence electrons. The standard InChI is InChI=1S/C7H12O3/c1-5-3-4-7(2,10-5)6(8)9/h5H,3-4H2,1-2H3,(H,8,9). The summed E-state index contributed by atoms with van der Waals surface area (Å²) >= 11 is 0. The molecular formula is C7H12O3. The van der Waals surface area contributed by atoms with Gasteiger partial charge in [0, 0.05) is 0 Å². The third-order valence-corrected chi connectivity index (χ3v) is 1.94. The van der Waals surface area contributed by atoms with E-state index in [2.05, 4.69) is 0 Å². The van der Waals surface area contributed by atoms with Crippen molar-refractivity contribution in [3.05, 3.63) is 0 Å². The van der Waals surface area contributed by atoms with Crippen LogP contribution in [0, 0.1) is 0 Å². The average molecular weight is 144 g/mol. The summed E-state index contributed by atoms with van der Waals surface area (Å²) in [4.78, 5) is 10.5. The molecule has 10 heavy (non-hydrogen) atoms. The molecule has 1 saturated heterocycles. The third-order valence-electron chi connectivity index (χ3n) is 1.94. The molecule has 3 heteroatoms. The molecule has 1 rings (SSSR count). The summed E-state index contributed by atoms with van der Waals surface area (Å²) in [6.07, 6.45) is 1.58. The van der Waals surface area contributed by atoms with Crippen LogP contribution in [0.2, 0.25) is 0 Å². The smallest absolute Gasteiger partial charge is 0.335 e. The molecule has 0 amide bonds. The normalized spacial score (nSPS) is 40.0. The van der Waals surface area contributed by atoms with E-state index in [0.29, 0.717) is 6.42 Å². The van der Waals surface area contributed by atoms with Crippen LogP contribution in [0.25, 0.3) is 0 Å². The van der Waals surface area contributed by atoms with Gasteiger partial charge in [0.05, 0.1) is 6.10 Å². The Hall–Kier alpha value is -0.570. The van der Waals surface area contributed by atoms with Crippen LogP contribution in [0.5, 0.6) is 0 Å². The maximum Gasteiger partial charge on any atom is 0.335 e. The minimum Gasteiger partial charge on any atom is -0.479 e. The Kier molecular flexibility index (Phi) is 1.68. The maximum atomic E-state index is 10.5. The van der Waals surface area contributed by atoms with Crippen LogP contribution in [0.4, 0.5) is 0 Å². The number of hydrogen-bond donors (Lipinski definition) is 1. The molecule has 0 radical (unpaired) electrons. The van der Waals surface area contributed by atoms with Gasteiger partial charge in [-0.05, 0) is 26.7 Å². The molecule has 2 atom stereocenters. The first-order valence-electron chi connectivity index (χ1n) is 3.46. The highest BCUT2D eigenvalue weighted by Crippen LogP contribution is 2.29. The largest absolute Gasteiger partial charge is 0.479 e. The van der Waals surface area contributed by atoms with Gasteiger partial charge in [0.25, 0.3) is 0 Å². The molecule has 0 aliphatic carbocycles. The maximum absolute atomic E-state index is 10.5. The van der Waals surface area contributed by atoms with Gasteiger partial charge in [0.1, 0.15) is 0 Å². The summed E-state index contributed by atoms with van der Waals surface area (Å²) in [6, 6.07) is 0. The number of hydrogen-bond acceptors (Lipinski definition) is 2. The van der Waals surface area contributed by atoms with Gasteiger partial charge >= 0.3 is 5.97 Å². The number of rotatable bonds is 1. The summed E-state index contributed by atoms with van der Waals surface area (Å²) in [6.45, 7) is 3.52. The topological polar surface area (TPSA) is 46.5 Å². The van der Waals surface area contributed by atoms with Gasteiger partial charge in [-0.3, -0.25) is 0 Å². The van der Waals surface area contributed by atoms with Crippen LogP contribution in [0.1, 0.15) is 26.7 Å². The lowest BCUT2D eigenvalue weighted by Crippen LogP contribution is -2.34. The van der Waals surface area contributed by atoms with Crippen molar-refractivity contribution in [1.82, 2.24) is 0 Å². The van der Waals surface area contributed by atoms with Crippen molar-refractivity contribution < 1.29 is 14.6 Å². The van der Waals surface area contributed by atoms with E-state index in [1.807, 2.05) is 6.92 Å². The Balaban J connectivity index is 2.63. The van der Waals surface area contributed by atoms with E-state index in [9.17, 15) is 4.79 Å². The summed E-state index contributed by atoms with van der Waals surface area (Å²) in [5, 5.41) is 8.67. The second kappa shape index (κ2) is 2.23. The molecular weight excluding hydrogens is 132 g/mol. The zero-order valence-corrected chi connectivity index (χ0v) is 6.26. The zero-order valence-electron chi connectivity index (χ0n) is 6.26. The lowest BCUT2D eigenvalue weighted by molar-refractivity contribution is -0.161. The molecule has 1 aliphatic rings. The minimum atomic E-state index is -0.917. The molecule has 3 nitrogen and oxygen atoms in total. The van der Waals surface area contributed by atoms with Crippen LogP contribution in [0.3, 0.4) is 0 Å². The van der Waals surface area contributed by atoms with E-state index in [1.165, 1.54) is 0 Å². The second-order valence-corrected chi connectivity index (χ2v) is 3.00. The highest BCUT2D eigenvalue weighted by Gasteiger charge is 2.40. The highest BCUT2D eigenvalue weighted by molar-refractivity contribution is 5.77. The monoisotopic (exact) mass is 144 g/mol. The van der Waals surface area contributed by atoms with Gasteiger partial charge in [-0.15, -0.1) is 0 Å². The van der Waals surface area contributed by atoms with Crippen molar-refractivity contribution in [1.29, 1.82) is 0 Å². The first-order chi connectivity index (χ1) is 4.54. The van der Waals surface area contributed by atoms with Crippen molar-refractivity contribution in [3.8, 4) is 0 Å². The molecule has 0 aromatic rings. The molecule has 1 heterocycles. The van der Waals surface area contributed by atoms with Crippen LogP contribution in [-0.4, -0.2) is 22.8 Å². The number of carboxylic acid groups (broad SMARTS) is 1. The molecule has 2 unspecified atom stereocenters. The van der Waals surface area contributed by atoms with E-state index in [-0.39, 0.29) is 6.10 Å². The Morgan fingerprint density at radius 1 is 1.80 bits per heavy atom. The minimum absolute atomic E-state index is 0.0982. The number of carboxylic acids is 1. The first-order valence-corrected chi connectivity index (χ1v) is 3.46. The van der Waals surface area contributed by atoms with Crippen LogP contribution < -0.4 is 0 Å². The molecule has 0 saturated carbocycles. The summed E-state index contributed by atoms with van der Waals surface area (Å²) < 4.78 is 5.21. The molecule has 0 aromatic heterocycles. The lowest BCUT2D eigenvalue weighted by Gasteiger charge is -2.17. The lowest BCUT2D eigenvalue weighted by atomic mass is 10.0. The summed E-state index contributed by atoms with van der Waals surface area (Å²) in [7, 11) is 0. The second-order valence-electron chi connectivity index (χ2n) is 3.00. The van der Waals surface area contributed by atoms with Crippen molar-refractivity contribution in [3.63, 3.8) is 0 Å². The fourth-order valence-corrected chi connectivity index (χ4v) is 1.20. The van der Waals surface area contributed by atoms with Crippen molar-refractivity contribution in [2.45, 2.75) is 38.4 Å². The Bertz CT molecular complexity index is 155. The van der Waals surface area contributed by atoms with Crippen molar-refractivity contribution in [2.75, 3.05) is 0 Å². The highest BCUT2D eigenvalue weighted by atomic mass is 16.5. The molecule has 0 aromatic carbocycles. The van der Waals surface area contributed by atoms with E-state index >= 15 is 0 Å². The van der Waals surface area contributed by atoms with Gasteiger partial charge in [0.2, 0.25) is 0 Å². The summed E-state index contributed by atoms with van der Waals surface area (Å²) in [5.41, 5.74) is -0.917. The van der Waals surface area contributed by atoms with E-state index in [1.54, 1.807) is 6.92 Å². The van der Waals surface area contributed by atoms with Gasteiger partial charge < -0.3 is 9.84 Å². The van der Waals surface area contributed by atoms with Gasteiger partial charge in [-0.2, -0.15) is 0 Å². The molecule has 1 N–H and O–H groups in total. The van der Waals surface area contributed by atoms with Gasteiger partial charge in [-0.25, -0.2) is 4.79 Å². The summed E-state index contributed by atoms with van der Waals surface area (Å²) in [5.74, 6) is -0.850. The van der Waals surface area contributed by atoms with Gasteiger partial charge in [-0.1, -0.05) is 0 Å². The molecule has 1 aliphatic heterocycles. The van der Waals surface area contributed by atoms with Crippen LogP contribution in [-0.2, 0) is 9.53 Å². The van der Waals surface area contributed by atoms with Crippen molar-refractivity contribution in [2.24, 2.45) is 0 Å². The Morgan fingerprint density at radius 2 is 2.40 bits per heavy atom. The predicted octanol–water partition coefficient (Wildman–Crippen LogP) is 1.03. The Morgan fingerprint density at radius 3 is 2.60 bits per heavy atom. The predicted molar refractivity (Wildman–Crippen MR) is 35.8 cm³/mol. The van der Waals surface area contributed by atoms with Crippen molar-refractivity contribution >= 4 is 5.97 Å². The SMILES string of the molecule is CC1CCC(C)(C(=O)O)O1. The average Bonchev–Trinajstić information content (AvgIpc) is 2.13. The van der Waals surface area contributed by atoms with E-state index in [0.717, 1.165) is 6.42 Å². The van der Waals surface area contributed by atoms with Crippen LogP contribution >= 0.6 is 0 Å². The zero-order chi connectivity index (χ0) is 7.78. The first kappa shape index (κ1) is 7.54. The van der Waals surface area contributed by atoms with E-state index in [4.69, 9.17) is 9.84 Å². The fraction of sp³-hybridized carbons (Fsp3) is 0.857. The number of ether oxygens (including phenoxy) is 1. The fourth-order valence-electron chi connectivity index (χ4n) is 1.20. The number of aliphatic carboxylic acids is 1.